The third kappa shape index (κ3) is 3.68. The topological polar surface area (TPSA) is 87.9 Å². The fourth-order valence-corrected chi connectivity index (χ4v) is 1.75. The summed E-state index contributed by atoms with van der Waals surface area (Å²) < 4.78 is 4.94. The number of rotatable bonds is 4. The zero-order valence-corrected chi connectivity index (χ0v) is 11.9. The SMILES string of the molecule is CCOC(=O)c1cnc(Cl)nc1Nc1cccc(C#N)c1. The summed E-state index contributed by atoms with van der Waals surface area (Å²) in [4.78, 5) is 19.6. The Morgan fingerprint density at radius 1 is 1.52 bits per heavy atom. The molecule has 2 aromatic rings. The maximum Gasteiger partial charge on any atom is 0.343 e. The van der Waals surface area contributed by atoms with Crippen LogP contribution in [0.5, 0.6) is 0 Å². The van der Waals surface area contributed by atoms with Crippen LogP contribution < -0.4 is 5.32 Å². The molecular weight excluding hydrogens is 292 g/mol. The van der Waals surface area contributed by atoms with Gasteiger partial charge >= 0.3 is 5.97 Å². The van der Waals surface area contributed by atoms with Crippen LogP contribution in [0, 0.1) is 11.3 Å². The zero-order valence-electron chi connectivity index (χ0n) is 11.1. The van der Waals surface area contributed by atoms with Crippen LogP contribution in [-0.2, 0) is 4.74 Å². The molecule has 1 N–H and O–H groups in total. The van der Waals surface area contributed by atoms with E-state index >= 15 is 0 Å². The number of nitrogens with one attached hydrogen (secondary N) is 1. The van der Waals surface area contributed by atoms with Gasteiger partial charge in [0.05, 0.1) is 18.2 Å². The fourth-order valence-electron chi connectivity index (χ4n) is 1.62. The van der Waals surface area contributed by atoms with E-state index in [2.05, 4.69) is 15.3 Å². The van der Waals surface area contributed by atoms with Crippen molar-refractivity contribution in [3.8, 4) is 6.07 Å². The van der Waals surface area contributed by atoms with Gasteiger partial charge in [0.2, 0.25) is 5.28 Å². The third-order valence-electron chi connectivity index (χ3n) is 2.51. The lowest BCUT2D eigenvalue weighted by Crippen LogP contribution is -2.10. The number of carbonyl (C=O) groups is 1. The second kappa shape index (κ2) is 6.68. The van der Waals surface area contributed by atoms with Crippen LogP contribution in [0.1, 0.15) is 22.8 Å². The van der Waals surface area contributed by atoms with E-state index in [9.17, 15) is 4.79 Å². The van der Waals surface area contributed by atoms with Gasteiger partial charge < -0.3 is 10.1 Å². The Labute approximate surface area is 126 Å². The number of nitrogens with zero attached hydrogens (tertiary/aromatic N) is 3. The van der Waals surface area contributed by atoms with Crippen molar-refractivity contribution in [3.05, 3.63) is 46.9 Å². The number of hydrogen-bond donors (Lipinski definition) is 1. The van der Waals surface area contributed by atoms with E-state index in [1.165, 1.54) is 6.20 Å². The molecule has 0 unspecified atom stereocenters. The summed E-state index contributed by atoms with van der Waals surface area (Å²) in [5.74, 6) is -0.323. The van der Waals surface area contributed by atoms with E-state index in [1.54, 1.807) is 31.2 Å². The van der Waals surface area contributed by atoms with Crippen LogP contribution in [0.4, 0.5) is 11.5 Å². The number of esters is 1. The summed E-state index contributed by atoms with van der Waals surface area (Å²) in [5.41, 5.74) is 1.26. The van der Waals surface area contributed by atoms with Crippen LogP contribution in [-0.4, -0.2) is 22.5 Å². The maximum atomic E-state index is 11.9. The van der Waals surface area contributed by atoms with Gasteiger partial charge in [0, 0.05) is 11.9 Å². The molecule has 1 heterocycles. The van der Waals surface area contributed by atoms with Gasteiger partial charge in [-0.1, -0.05) is 6.07 Å². The summed E-state index contributed by atoms with van der Waals surface area (Å²) in [6, 6.07) is 8.79. The first-order valence-electron chi connectivity index (χ1n) is 6.11. The van der Waals surface area contributed by atoms with E-state index in [0.717, 1.165) is 0 Å². The molecule has 0 atom stereocenters. The second-order valence-electron chi connectivity index (χ2n) is 3.94. The van der Waals surface area contributed by atoms with Gasteiger partial charge in [-0.15, -0.1) is 0 Å². The highest BCUT2D eigenvalue weighted by Crippen LogP contribution is 2.21. The number of hydrogen-bond acceptors (Lipinski definition) is 6. The first-order valence-corrected chi connectivity index (χ1v) is 6.48. The first kappa shape index (κ1) is 14.8. The molecule has 1 aromatic carbocycles. The highest BCUT2D eigenvalue weighted by Gasteiger charge is 2.15. The molecule has 0 saturated heterocycles. The summed E-state index contributed by atoms with van der Waals surface area (Å²) in [7, 11) is 0. The minimum Gasteiger partial charge on any atom is -0.462 e. The number of anilines is 2. The number of halogens is 1. The van der Waals surface area contributed by atoms with Gasteiger partial charge in [0.1, 0.15) is 11.4 Å². The Morgan fingerprint density at radius 3 is 3.05 bits per heavy atom. The Hall–Kier alpha value is -2.65. The molecule has 0 bridgehead atoms. The fraction of sp³-hybridized carbons (Fsp3) is 0.143. The minimum absolute atomic E-state index is 0.00184. The molecule has 0 aliphatic carbocycles. The van der Waals surface area contributed by atoms with Crippen LogP contribution in [0.3, 0.4) is 0 Å². The van der Waals surface area contributed by atoms with Crippen molar-refractivity contribution in [2.45, 2.75) is 6.92 Å². The molecule has 0 amide bonds. The van der Waals surface area contributed by atoms with Crippen LogP contribution in [0.25, 0.3) is 0 Å². The molecule has 0 aliphatic heterocycles. The summed E-state index contributed by atoms with van der Waals surface area (Å²) in [5, 5.41) is 11.8. The molecule has 0 aliphatic rings. The quantitative estimate of drug-likeness (QED) is 0.690. The molecular formula is C14H11ClN4O2. The van der Waals surface area contributed by atoms with Crippen molar-refractivity contribution in [3.63, 3.8) is 0 Å². The van der Waals surface area contributed by atoms with Crippen LogP contribution >= 0.6 is 11.6 Å². The minimum atomic E-state index is -0.548. The van der Waals surface area contributed by atoms with Gasteiger partial charge in [-0.3, -0.25) is 0 Å². The molecule has 6 nitrogen and oxygen atoms in total. The first-order chi connectivity index (χ1) is 10.1. The zero-order chi connectivity index (χ0) is 15.2. The number of nitriles is 1. The van der Waals surface area contributed by atoms with E-state index < -0.39 is 5.97 Å². The summed E-state index contributed by atoms with van der Waals surface area (Å²) in [6.07, 6.45) is 1.30. The van der Waals surface area contributed by atoms with Crippen molar-refractivity contribution in [1.29, 1.82) is 5.26 Å². The molecule has 0 saturated carbocycles. The summed E-state index contributed by atoms with van der Waals surface area (Å²) >= 11 is 5.76. The predicted molar refractivity (Wildman–Crippen MR) is 77.4 cm³/mol. The summed E-state index contributed by atoms with van der Waals surface area (Å²) in [6.45, 7) is 1.95. The Morgan fingerprint density at radius 2 is 2.33 bits per heavy atom. The molecule has 0 spiro atoms. The average molecular weight is 303 g/mol. The number of ether oxygens (including phenoxy) is 1. The molecule has 21 heavy (non-hydrogen) atoms. The van der Waals surface area contributed by atoms with Gasteiger partial charge in [-0.25, -0.2) is 9.78 Å². The molecule has 2 rings (SSSR count). The smallest absolute Gasteiger partial charge is 0.343 e. The number of aromatic nitrogens is 2. The lowest BCUT2D eigenvalue weighted by atomic mass is 10.2. The third-order valence-corrected chi connectivity index (χ3v) is 2.69. The van der Waals surface area contributed by atoms with Gasteiger partial charge in [-0.2, -0.15) is 10.2 Å². The van der Waals surface area contributed by atoms with Gasteiger partial charge in [0.15, 0.2) is 0 Å². The van der Waals surface area contributed by atoms with Gasteiger partial charge in [0.25, 0.3) is 0 Å². The lowest BCUT2D eigenvalue weighted by molar-refractivity contribution is 0.0526. The van der Waals surface area contributed by atoms with Crippen LogP contribution in [0.2, 0.25) is 5.28 Å². The van der Waals surface area contributed by atoms with E-state index in [4.69, 9.17) is 21.6 Å². The predicted octanol–water partition coefficient (Wildman–Crippen LogP) is 2.92. The van der Waals surface area contributed by atoms with E-state index in [1.807, 2.05) is 6.07 Å². The second-order valence-corrected chi connectivity index (χ2v) is 4.28. The average Bonchev–Trinajstić information content (AvgIpc) is 2.48. The highest BCUT2D eigenvalue weighted by atomic mass is 35.5. The van der Waals surface area contributed by atoms with E-state index in [-0.39, 0.29) is 23.3 Å². The molecule has 1 aromatic heterocycles. The van der Waals surface area contributed by atoms with Crippen molar-refractivity contribution in [1.82, 2.24) is 9.97 Å². The Kier molecular flexibility index (Phi) is 4.69. The van der Waals surface area contributed by atoms with Crippen molar-refractivity contribution < 1.29 is 9.53 Å². The highest BCUT2D eigenvalue weighted by molar-refractivity contribution is 6.28. The number of benzene rings is 1. The standard InChI is InChI=1S/C14H11ClN4O2/c1-2-21-13(20)11-8-17-14(15)19-12(11)18-10-5-3-4-9(6-10)7-16/h3-6,8H,2H2,1H3,(H,17,18,19). The van der Waals surface area contributed by atoms with Crippen LogP contribution in [0.15, 0.2) is 30.5 Å². The largest absolute Gasteiger partial charge is 0.462 e. The molecule has 0 radical (unpaired) electrons. The van der Waals surface area contributed by atoms with Gasteiger partial charge in [-0.05, 0) is 36.7 Å². The molecule has 7 heteroatoms. The lowest BCUT2D eigenvalue weighted by Gasteiger charge is -2.10. The maximum absolute atomic E-state index is 11.9. The Balaban J connectivity index is 2.36. The monoisotopic (exact) mass is 302 g/mol. The van der Waals surface area contributed by atoms with Crippen molar-refractivity contribution in [2.75, 3.05) is 11.9 Å². The molecule has 0 fully saturated rings. The number of carbonyl (C=O) groups excluding carboxylic acids is 1. The van der Waals surface area contributed by atoms with Crippen molar-refractivity contribution >= 4 is 29.1 Å². The molecule has 106 valence electrons. The normalized spacial score (nSPS) is 9.76. The van der Waals surface area contributed by atoms with Crippen molar-refractivity contribution in [2.24, 2.45) is 0 Å². The Bertz CT molecular complexity index is 712. The van der Waals surface area contributed by atoms with E-state index in [0.29, 0.717) is 11.3 Å².